The molecule has 0 aliphatic heterocycles. The topological polar surface area (TPSA) is 92.8 Å². The second-order valence-electron chi connectivity index (χ2n) is 3.61. The quantitative estimate of drug-likeness (QED) is 0.312. The summed E-state index contributed by atoms with van der Waals surface area (Å²) in [6.07, 6.45) is 0.441. The van der Waals surface area contributed by atoms with Gasteiger partial charge in [-0.3, -0.25) is 10.1 Å². The molecule has 1 atom stereocenters. The average molecular weight is 231 g/mol. The standard InChI is InChI=1S/C10H17NO5/c1-5-7(2)8(9(12)16-4)10(3,13)6-11(14)15/h12-13H,2,5-6H2,1,3-4H3/b9-8-. The van der Waals surface area contributed by atoms with Crippen molar-refractivity contribution in [1.82, 2.24) is 0 Å². The molecule has 0 aromatic heterocycles. The Morgan fingerprint density at radius 1 is 1.62 bits per heavy atom. The number of nitro groups is 1. The summed E-state index contributed by atoms with van der Waals surface area (Å²) in [5.74, 6) is -0.543. The first-order valence-corrected chi connectivity index (χ1v) is 4.76. The fourth-order valence-corrected chi connectivity index (χ4v) is 1.37. The maximum absolute atomic E-state index is 10.4. The fourth-order valence-electron chi connectivity index (χ4n) is 1.37. The van der Waals surface area contributed by atoms with Gasteiger partial charge in [0.15, 0.2) is 5.60 Å². The van der Waals surface area contributed by atoms with Crippen LogP contribution in [0.3, 0.4) is 0 Å². The van der Waals surface area contributed by atoms with Crippen molar-refractivity contribution in [2.24, 2.45) is 0 Å². The highest BCUT2D eigenvalue weighted by Crippen LogP contribution is 2.28. The summed E-state index contributed by atoms with van der Waals surface area (Å²) >= 11 is 0. The molecule has 0 rings (SSSR count). The monoisotopic (exact) mass is 231 g/mol. The minimum atomic E-state index is -1.81. The molecule has 0 heterocycles. The molecule has 0 amide bonds. The predicted molar refractivity (Wildman–Crippen MR) is 58.6 cm³/mol. The van der Waals surface area contributed by atoms with Crippen molar-refractivity contribution in [3.05, 3.63) is 33.8 Å². The molecule has 6 nitrogen and oxygen atoms in total. The number of aliphatic hydroxyl groups is 2. The van der Waals surface area contributed by atoms with E-state index in [2.05, 4.69) is 11.3 Å². The first-order valence-electron chi connectivity index (χ1n) is 4.76. The number of nitrogens with zero attached hydrogens (tertiary/aromatic N) is 1. The van der Waals surface area contributed by atoms with Crippen molar-refractivity contribution in [1.29, 1.82) is 0 Å². The van der Waals surface area contributed by atoms with Crippen LogP contribution in [-0.2, 0) is 4.74 Å². The summed E-state index contributed by atoms with van der Waals surface area (Å²) in [6, 6.07) is 0. The smallest absolute Gasteiger partial charge is 0.283 e. The number of hydrogen-bond acceptors (Lipinski definition) is 5. The Kier molecular flexibility index (Phi) is 4.97. The molecule has 6 heteroatoms. The minimum Gasteiger partial charge on any atom is -0.481 e. The normalized spacial score (nSPS) is 16.0. The van der Waals surface area contributed by atoms with Gasteiger partial charge in [0, 0.05) is 4.92 Å². The molecular formula is C10H17NO5. The summed E-state index contributed by atoms with van der Waals surface area (Å²) in [5.41, 5.74) is -1.45. The van der Waals surface area contributed by atoms with Crippen LogP contribution in [-0.4, -0.2) is 34.4 Å². The largest absolute Gasteiger partial charge is 0.481 e. The van der Waals surface area contributed by atoms with E-state index in [9.17, 15) is 20.3 Å². The van der Waals surface area contributed by atoms with Gasteiger partial charge in [-0.15, -0.1) is 0 Å². The van der Waals surface area contributed by atoms with Crippen molar-refractivity contribution in [2.75, 3.05) is 13.7 Å². The summed E-state index contributed by atoms with van der Waals surface area (Å²) in [6.45, 7) is 5.90. The molecule has 0 aromatic carbocycles. The van der Waals surface area contributed by atoms with Gasteiger partial charge in [-0.05, 0) is 18.9 Å². The van der Waals surface area contributed by atoms with E-state index in [1.165, 1.54) is 14.0 Å². The zero-order valence-corrected chi connectivity index (χ0v) is 9.69. The molecule has 0 aliphatic carbocycles. The van der Waals surface area contributed by atoms with E-state index >= 15 is 0 Å². The van der Waals surface area contributed by atoms with Crippen LogP contribution in [0.2, 0.25) is 0 Å². The van der Waals surface area contributed by atoms with E-state index in [1.807, 2.05) is 0 Å². The van der Waals surface area contributed by atoms with Gasteiger partial charge in [-0.1, -0.05) is 13.5 Å². The molecule has 2 N–H and O–H groups in total. The molecule has 0 aliphatic rings. The molecule has 0 saturated heterocycles. The van der Waals surface area contributed by atoms with Gasteiger partial charge >= 0.3 is 0 Å². The van der Waals surface area contributed by atoms with Gasteiger partial charge in [-0.25, -0.2) is 0 Å². The number of hydrogen-bond donors (Lipinski definition) is 2. The molecule has 0 fully saturated rings. The van der Waals surface area contributed by atoms with E-state index < -0.39 is 23.0 Å². The molecular weight excluding hydrogens is 214 g/mol. The molecule has 0 aromatic rings. The third kappa shape index (κ3) is 3.54. The zero-order chi connectivity index (χ0) is 12.9. The second-order valence-corrected chi connectivity index (χ2v) is 3.61. The molecule has 0 bridgehead atoms. The lowest BCUT2D eigenvalue weighted by Crippen LogP contribution is -2.37. The third-order valence-corrected chi connectivity index (χ3v) is 2.16. The Morgan fingerprint density at radius 2 is 2.12 bits per heavy atom. The van der Waals surface area contributed by atoms with Crippen molar-refractivity contribution in [3.8, 4) is 0 Å². The highest BCUT2D eigenvalue weighted by atomic mass is 16.6. The summed E-state index contributed by atoms with van der Waals surface area (Å²) < 4.78 is 4.59. The van der Waals surface area contributed by atoms with Gasteiger partial charge in [0.1, 0.15) is 0 Å². The lowest BCUT2D eigenvalue weighted by Gasteiger charge is -2.24. The van der Waals surface area contributed by atoms with Gasteiger partial charge < -0.3 is 14.9 Å². The van der Waals surface area contributed by atoms with Crippen LogP contribution in [0.5, 0.6) is 0 Å². The van der Waals surface area contributed by atoms with Crippen LogP contribution in [0.25, 0.3) is 0 Å². The zero-order valence-electron chi connectivity index (χ0n) is 9.69. The maximum atomic E-state index is 10.4. The first kappa shape index (κ1) is 14.4. The Hall–Kier alpha value is -1.56. The van der Waals surface area contributed by atoms with Gasteiger partial charge in [-0.2, -0.15) is 0 Å². The van der Waals surface area contributed by atoms with Gasteiger partial charge in [0.2, 0.25) is 6.54 Å². The van der Waals surface area contributed by atoms with E-state index in [1.54, 1.807) is 6.92 Å². The first-order chi connectivity index (χ1) is 7.26. The van der Waals surface area contributed by atoms with Gasteiger partial charge in [0.05, 0.1) is 12.7 Å². The number of methoxy groups -OCH3 is 1. The Bertz CT molecular complexity index is 319. The van der Waals surface area contributed by atoms with Crippen LogP contribution in [0, 0.1) is 10.1 Å². The Morgan fingerprint density at radius 3 is 2.44 bits per heavy atom. The lowest BCUT2D eigenvalue weighted by atomic mass is 9.89. The van der Waals surface area contributed by atoms with Crippen LogP contribution >= 0.6 is 0 Å². The van der Waals surface area contributed by atoms with E-state index in [4.69, 9.17) is 0 Å². The third-order valence-electron chi connectivity index (χ3n) is 2.16. The van der Waals surface area contributed by atoms with Crippen molar-refractivity contribution >= 4 is 0 Å². The van der Waals surface area contributed by atoms with Crippen LogP contribution < -0.4 is 0 Å². The van der Waals surface area contributed by atoms with Crippen molar-refractivity contribution in [3.63, 3.8) is 0 Å². The molecule has 1 unspecified atom stereocenters. The SMILES string of the molecule is C=C(CC)/C(=C(\O)OC)C(C)(O)C[N+](=O)[O-]. The maximum Gasteiger partial charge on any atom is 0.283 e. The summed E-state index contributed by atoms with van der Waals surface area (Å²) in [7, 11) is 1.21. The Labute approximate surface area is 94.0 Å². The highest BCUT2D eigenvalue weighted by Gasteiger charge is 2.36. The molecule has 16 heavy (non-hydrogen) atoms. The van der Waals surface area contributed by atoms with Crippen molar-refractivity contribution in [2.45, 2.75) is 25.9 Å². The van der Waals surface area contributed by atoms with E-state index in [-0.39, 0.29) is 5.57 Å². The van der Waals surface area contributed by atoms with Crippen molar-refractivity contribution < 1.29 is 19.9 Å². The van der Waals surface area contributed by atoms with E-state index in [0.29, 0.717) is 12.0 Å². The fraction of sp³-hybridized carbons (Fsp3) is 0.600. The molecule has 0 saturated carbocycles. The second kappa shape index (κ2) is 5.50. The molecule has 0 spiro atoms. The molecule has 92 valence electrons. The predicted octanol–water partition coefficient (Wildman–Crippen LogP) is 1.40. The number of rotatable bonds is 6. The average Bonchev–Trinajstić information content (AvgIpc) is 2.14. The number of aliphatic hydroxyl groups excluding tert-OH is 1. The highest BCUT2D eigenvalue weighted by molar-refractivity contribution is 5.36. The van der Waals surface area contributed by atoms with Gasteiger partial charge in [0.25, 0.3) is 5.95 Å². The van der Waals surface area contributed by atoms with Crippen LogP contribution in [0.15, 0.2) is 23.7 Å². The number of ether oxygens (including phenoxy) is 1. The minimum absolute atomic E-state index is 0.0331. The van der Waals surface area contributed by atoms with Crippen LogP contribution in [0.1, 0.15) is 20.3 Å². The Balaban J connectivity index is 5.35. The summed E-state index contributed by atoms with van der Waals surface area (Å²) in [4.78, 5) is 9.75. The summed E-state index contributed by atoms with van der Waals surface area (Å²) in [5, 5.41) is 29.8. The lowest BCUT2D eigenvalue weighted by molar-refractivity contribution is -0.496. The van der Waals surface area contributed by atoms with Crippen LogP contribution in [0.4, 0.5) is 0 Å². The van der Waals surface area contributed by atoms with E-state index in [0.717, 1.165) is 0 Å². The molecule has 0 radical (unpaired) electrons.